The first-order valence-electron chi connectivity index (χ1n) is 7.37. The summed E-state index contributed by atoms with van der Waals surface area (Å²) in [4.78, 5) is 4.68. The zero-order chi connectivity index (χ0) is 16.4. The van der Waals surface area contributed by atoms with Crippen molar-refractivity contribution in [2.45, 2.75) is 10.1 Å². The summed E-state index contributed by atoms with van der Waals surface area (Å²) in [6.07, 6.45) is 0. The molecule has 1 atom stereocenters. The summed E-state index contributed by atoms with van der Waals surface area (Å²) in [6.45, 7) is 0. The number of nitrogens with zero attached hydrogens (tertiary/aromatic N) is 3. The largest absolute Gasteiger partial charge is 0.230 e. The second-order valence-electron chi connectivity index (χ2n) is 5.24. The molecule has 1 unspecified atom stereocenters. The van der Waals surface area contributed by atoms with Crippen LogP contribution in [0, 0.1) is 0 Å². The molecule has 4 rings (SSSR count). The minimum atomic E-state index is -0.415. The molecule has 1 aromatic heterocycles. The molecule has 2 aromatic carbocycles. The van der Waals surface area contributed by atoms with Gasteiger partial charge in [-0.15, -0.1) is 16.4 Å². The molecule has 2 heterocycles. The van der Waals surface area contributed by atoms with E-state index >= 15 is 0 Å². The Labute approximate surface area is 159 Å². The number of para-hydroxylation sites is 1. The van der Waals surface area contributed by atoms with E-state index in [2.05, 4.69) is 73.6 Å². The summed E-state index contributed by atoms with van der Waals surface area (Å²) in [7, 11) is -0.415. The summed E-state index contributed by atoms with van der Waals surface area (Å²) in [5, 5.41) is 9.72. The predicted molar refractivity (Wildman–Crippen MR) is 113 cm³/mol. The minimum absolute atomic E-state index is 0.415. The first kappa shape index (κ1) is 16.3. The molecule has 0 bridgehead atoms. The van der Waals surface area contributed by atoms with Crippen LogP contribution in [0.2, 0.25) is 0 Å². The maximum atomic E-state index is 4.68. The smallest absolute Gasteiger partial charge is 0.151 e. The van der Waals surface area contributed by atoms with E-state index in [0.29, 0.717) is 0 Å². The van der Waals surface area contributed by atoms with Gasteiger partial charge in [0, 0.05) is 16.0 Å². The van der Waals surface area contributed by atoms with Gasteiger partial charge < -0.3 is 0 Å². The molecule has 1 aliphatic heterocycles. The van der Waals surface area contributed by atoms with Crippen LogP contribution in [-0.2, 0) is 5.75 Å². The van der Waals surface area contributed by atoms with Crippen molar-refractivity contribution in [3.63, 3.8) is 0 Å². The van der Waals surface area contributed by atoms with Gasteiger partial charge in [0.1, 0.15) is 0 Å². The molecule has 7 heteroatoms. The Morgan fingerprint density at radius 3 is 2.75 bits per heavy atom. The lowest BCUT2D eigenvalue weighted by Gasteiger charge is -2.14. The van der Waals surface area contributed by atoms with E-state index in [9.17, 15) is 0 Å². The van der Waals surface area contributed by atoms with Crippen molar-refractivity contribution in [1.29, 1.82) is 0 Å². The second kappa shape index (κ2) is 7.39. The molecule has 24 heavy (non-hydrogen) atoms. The van der Waals surface area contributed by atoms with Gasteiger partial charge in [-0.2, -0.15) is 16.0 Å². The normalized spacial score (nSPS) is 18.2. The van der Waals surface area contributed by atoms with Gasteiger partial charge in [-0.25, -0.2) is 4.98 Å². The summed E-state index contributed by atoms with van der Waals surface area (Å²) >= 11 is 6.99. The molecule has 0 fully saturated rings. The van der Waals surface area contributed by atoms with Crippen LogP contribution in [-0.4, -0.2) is 21.3 Å². The Morgan fingerprint density at radius 2 is 1.92 bits per heavy atom. The van der Waals surface area contributed by atoms with Crippen molar-refractivity contribution >= 4 is 70.7 Å². The van der Waals surface area contributed by atoms with Gasteiger partial charge in [0.15, 0.2) is 4.34 Å². The lowest BCUT2D eigenvalue weighted by molar-refractivity contribution is 1.27. The molecule has 0 saturated carbocycles. The summed E-state index contributed by atoms with van der Waals surface area (Å²) in [6, 6.07) is 16.8. The van der Waals surface area contributed by atoms with Crippen LogP contribution in [0.3, 0.4) is 0 Å². The number of hydrogen-bond donors (Lipinski definition) is 1. The minimum Gasteiger partial charge on any atom is -0.230 e. The van der Waals surface area contributed by atoms with Crippen molar-refractivity contribution in [3.8, 4) is 0 Å². The van der Waals surface area contributed by atoms with Crippen molar-refractivity contribution in [1.82, 2.24) is 4.98 Å². The molecule has 0 spiro atoms. The van der Waals surface area contributed by atoms with Gasteiger partial charge in [-0.3, -0.25) is 0 Å². The van der Waals surface area contributed by atoms with Crippen LogP contribution in [0.15, 0.2) is 67.5 Å². The van der Waals surface area contributed by atoms with Crippen molar-refractivity contribution in [3.05, 3.63) is 58.6 Å². The lowest BCUT2D eigenvalue weighted by Crippen LogP contribution is -2.03. The molecule has 3 nitrogen and oxygen atoms in total. The molecule has 0 saturated heterocycles. The highest BCUT2D eigenvalue weighted by Gasteiger charge is 2.16. The number of thioether (sulfide) groups is 1. The third kappa shape index (κ3) is 3.74. The topological polar surface area (TPSA) is 37.6 Å². The molecular weight excluding hydrogens is 422 g/mol. The zero-order valence-corrected chi connectivity index (χ0v) is 16.7. The Kier molecular flexibility index (Phi) is 5.03. The number of rotatable bonds is 5. The highest BCUT2D eigenvalue weighted by molar-refractivity contribution is 9.10. The van der Waals surface area contributed by atoms with E-state index in [0.717, 1.165) is 25.8 Å². The highest BCUT2D eigenvalue weighted by atomic mass is 79.9. The summed E-state index contributed by atoms with van der Waals surface area (Å²) < 4.78 is 3.45. The van der Waals surface area contributed by atoms with Gasteiger partial charge in [0.05, 0.1) is 20.8 Å². The molecule has 0 amide bonds. The van der Waals surface area contributed by atoms with Crippen LogP contribution in [0.5, 0.6) is 0 Å². The number of thiol groups is 1. The Hall–Kier alpha value is -1.15. The van der Waals surface area contributed by atoms with E-state index in [1.54, 1.807) is 23.1 Å². The Balaban J connectivity index is 1.41. The summed E-state index contributed by atoms with van der Waals surface area (Å²) in [5.74, 6) is 1.87. The molecule has 0 aliphatic carbocycles. The number of halogens is 1. The summed E-state index contributed by atoms with van der Waals surface area (Å²) in [5.41, 5.74) is 4.42. The zero-order valence-electron chi connectivity index (χ0n) is 12.6. The van der Waals surface area contributed by atoms with E-state index in [4.69, 9.17) is 0 Å². The first-order chi connectivity index (χ1) is 11.8. The third-order valence-electron chi connectivity index (χ3n) is 3.56. The third-order valence-corrected chi connectivity index (χ3v) is 8.49. The van der Waals surface area contributed by atoms with Crippen LogP contribution < -0.4 is 0 Å². The van der Waals surface area contributed by atoms with Crippen LogP contribution in [0.25, 0.3) is 10.2 Å². The van der Waals surface area contributed by atoms with Gasteiger partial charge in [-0.05, 0) is 29.8 Å². The second-order valence-corrected chi connectivity index (χ2v) is 10.4. The maximum Gasteiger partial charge on any atom is 0.151 e. The van der Waals surface area contributed by atoms with Crippen LogP contribution in [0.4, 0.5) is 0 Å². The molecular formula is C17H14BrN3S3. The molecule has 0 N–H and O–H groups in total. The van der Waals surface area contributed by atoms with Gasteiger partial charge in [-0.1, -0.05) is 52.0 Å². The molecule has 3 aromatic rings. The number of thiazole rings is 1. The van der Waals surface area contributed by atoms with E-state index in [1.165, 1.54) is 15.3 Å². The fourth-order valence-electron chi connectivity index (χ4n) is 2.35. The van der Waals surface area contributed by atoms with Crippen LogP contribution in [0.1, 0.15) is 5.56 Å². The Morgan fingerprint density at radius 1 is 1.08 bits per heavy atom. The fraction of sp³-hybridized carbons (Fsp3) is 0.118. The maximum absolute atomic E-state index is 4.68. The van der Waals surface area contributed by atoms with Crippen molar-refractivity contribution < 1.29 is 0 Å². The average Bonchev–Trinajstić information content (AvgIpc) is 3.21. The predicted octanol–water partition coefficient (Wildman–Crippen LogP) is 5.71. The van der Waals surface area contributed by atoms with Gasteiger partial charge in [0.2, 0.25) is 0 Å². The quantitative estimate of drug-likeness (QED) is 0.411. The van der Waals surface area contributed by atoms with Crippen molar-refractivity contribution in [2.75, 3.05) is 5.75 Å². The Bertz CT molecular complexity index is 885. The molecule has 1 aliphatic rings. The van der Waals surface area contributed by atoms with Crippen LogP contribution >= 0.6 is 49.9 Å². The monoisotopic (exact) mass is 435 g/mol. The molecule has 122 valence electrons. The molecule has 0 radical (unpaired) electrons. The van der Waals surface area contributed by atoms with Gasteiger partial charge >= 0.3 is 0 Å². The SMILES string of the molecule is Brc1ccc(C[SH]2C=NN=C2CSc2nc3ccccc3s2)cc1. The van der Waals surface area contributed by atoms with E-state index < -0.39 is 10.9 Å². The van der Waals surface area contributed by atoms with Crippen molar-refractivity contribution in [2.24, 2.45) is 10.2 Å². The lowest BCUT2D eigenvalue weighted by atomic mass is 10.2. The number of benzene rings is 2. The van der Waals surface area contributed by atoms with Gasteiger partial charge in [0.25, 0.3) is 0 Å². The fourth-order valence-corrected chi connectivity index (χ4v) is 6.67. The van der Waals surface area contributed by atoms with E-state index in [-0.39, 0.29) is 0 Å². The number of aromatic nitrogens is 1. The first-order valence-corrected chi connectivity index (χ1v) is 11.6. The van der Waals surface area contributed by atoms with E-state index in [1.807, 2.05) is 11.6 Å². The highest BCUT2D eigenvalue weighted by Crippen LogP contribution is 2.37. The standard InChI is InChI=1S/C17H14BrN3S3/c18-13-7-5-12(6-8-13)10-24-11-19-21-16(24)9-22-17-20-14-3-1-2-4-15(14)23-17/h1-8,11,24H,9-10H2. The number of fused-ring (bicyclic) bond motifs is 1. The number of hydrogen-bond acceptors (Lipinski definition) is 5. The average molecular weight is 436 g/mol.